The number of carboxylic acids is 1. The largest absolute Gasteiger partial charge is 0.497 e. The minimum atomic E-state index is -0.781. The first-order chi connectivity index (χ1) is 16.5. The minimum Gasteiger partial charge on any atom is -0.497 e. The second kappa shape index (κ2) is 10.7. The Labute approximate surface area is 200 Å². The fraction of sp³-hybridized carbons (Fsp3) is 0.345. The Bertz CT molecular complexity index is 1140. The number of carboxylic acid groups (broad SMARTS) is 1. The Morgan fingerprint density at radius 3 is 2.41 bits per heavy atom. The van der Waals surface area contributed by atoms with E-state index in [1.54, 1.807) is 19.2 Å². The lowest BCUT2D eigenvalue weighted by Gasteiger charge is -2.16. The molecule has 1 saturated carbocycles. The summed E-state index contributed by atoms with van der Waals surface area (Å²) < 4.78 is 26.1. The molecule has 5 heteroatoms. The summed E-state index contributed by atoms with van der Waals surface area (Å²) in [6.45, 7) is 2.42. The van der Waals surface area contributed by atoms with Gasteiger partial charge in [0.2, 0.25) is 0 Å². The number of carbonyl (C=O) groups is 1. The van der Waals surface area contributed by atoms with Crippen LogP contribution in [0.5, 0.6) is 11.5 Å². The number of aliphatic carboxylic acids is 1. The lowest BCUT2D eigenvalue weighted by Crippen LogP contribution is -2.06. The van der Waals surface area contributed by atoms with Crippen LogP contribution in [0.25, 0.3) is 11.1 Å². The molecule has 0 heterocycles. The van der Waals surface area contributed by atoms with Gasteiger partial charge in [-0.15, -0.1) is 0 Å². The number of methoxy groups -OCH3 is 1. The summed E-state index contributed by atoms with van der Waals surface area (Å²) >= 11 is 0. The van der Waals surface area contributed by atoms with E-state index in [4.69, 9.17) is 9.47 Å². The standard InChI is InChI=1S/C29H31FO4/c1-3-4-22(16-29(31)32)20-8-10-23(11-9-20)34-18-19-5-13-25(21-6-7-21)26(15-19)27-17-24(33-2)12-14-28(27)30/h5,8-15,17,21-22H,3-4,6-7,16,18H2,1-2H3,(H,31,32)/t22-/m0/s1. The highest BCUT2D eigenvalue weighted by atomic mass is 19.1. The quantitative estimate of drug-likeness (QED) is 0.324. The number of ether oxygens (including phenoxy) is 2. The van der Waals surface area contributed by atoms with E-state index in [0.29, 0.717) is 23.8 Å². The first kappa shape index (κ1) is 23.8. The Kier molecular flexibility index (Phi) is 7.51. The summed E-state index contributed by atoms with van der Waals surface area (Å²) in [6.07, 6.45) is 4.15. The van der Waals surface area contributed by atoms with E-state index in [9.17, 15) is 14.3 Å². The van der Waals surface area contributed by atoms with Crippen LogP contribution in [0.15, 0.2) is 60.7 Å². The molecule has 1 atom stereocenters. The van der Waals surface area contributed by atoms with Gasteiger partial charge in [0.05, 0.1) is 13.5 Å². The normalized spacial score (nSPS) is 14.0. The van der Waals surface area contributed by atoms with Crippen molar-refractivity contribution in [3.05, 3.63) is 83.2 Å². The molecule has 3 aromatic rings. The molecular formula is C29H31FO4. The van der Waals surface area contributed by atoms with Crippen molar-refractivity contribution in [2.24, 2.45) is 0 Å². The van der Waals surface area contributed by atoms with Crippen LogP contribution in [-0.4, -0.2) is 18.2 Å². The first-order valence-corrected chi connectivity index (χ1v) is 11.9. The molecule has 34 heavy (non-hydrogen) atoms. The van der Waals surface area contributed by atoms with E-state index >= 15 is 0 Å². The monoisotopic (exact) mass is 462 g/mol. The number of rotatable bonds is 11. The summed E-state index contributed by atoms with van der Waals surface area (Å²) in [7, 11) is 1.58. The molecule has 0 radical (unpaired) electrons. The zero-order chi connectivity index (χ0) is 24.1. The molecule has 178 valence electrons. The smallest absolute Gasteiger partial charge is 0.303 e. The highest BCUT2D eigenvalue weighted by Gasteiger charge is 2.27. The third-order valence-electron chi connectivity index (χ3n) is 6.41. The molecule has 1 aliphatic carbocycles. The molecule has 0 unspecified atom stereocenters. The van der Waals surface area contributed by atoms with Gasteiger partial charge in [-0.05, 0) is 89.8 Å². The van der Waals surface area contributed by atoms with Crippen LogP contribution < -0.4 is 9.47 Å². The van der Waals surface area contributed by atoms with E-state index < -0.39 is 5.97 Å². The molecule has 4 rings (SSSR count). The Morgan fingerprint density at radius 1 is 1.03 bits per heavy atom. The zero-order valence-corrected chi connectivity index (χ0v) is 19.7. The maximum Gasteiger partial charge on any atom is 0.303 e. The summed E-state index contributed by atoms with van der Waals surface area (Å²) in [6, 6.07) is 18.7. The van der Waals surface area contributed by atoms with E-state index in [0.717, 1.165) is 48.1 Å². The van der Waals surface area contributed by atoms with Crippen LogP contribution >= 0.6 is 0 Å². The van der Waals surface area contributed by atoms with Gasteiger partial charge in [-0.25, -0.2) is 4.39 Å². The molecule has 0 saturated heterocycles. The highest BCUT2D eigenvalue weighted by molar-refractivity contribution is 5.71. The lowest BCUT2D eigenvalue weighted by atomic mass is 9.91. The number of hydrogen-bond acceptors (Lipinski definition) is 3. The predicted molar refractivity (Wildman–Crippen MR) is 131 cm³/mol. The third-order valence-corrected chi connectivity index (χ3v) is 6.41. The molecule has 1 fully saturated rings. The molecule has 1 aliphatic rings. The fourth-order valence-electron chi connectivity index (χ4n) is 4.46. The van der Waals surface area contributed by atoms with Gasteiger partial charge in [0.1, 0.15) is 23.9 Å². The SMILES string of the molecule is CCC[C@@H](CC(=O)O)c1ccc(OCc2ccc(C3CC3)c(-c3cc(OC)ccc3F)c2)cc1. The third kappa shape index (κ3) is 5.77. The maximum absolute atomic E-state index is 14.8. The molecule has 0 bridgehead atoms. The van der Waals surface area contributed by atoms with Crippen molar-refractivity contribution in [1.29, 1.82) is 0 Å². The topological polar surface area (TPSA) is 55.8 Å². The molecule has 4 nitrogen and oxygen atoms in total. The molecule has 3 aromatic carbocycles. The molecule has 0 amide bonds. The van der Waals surface area contributed by atoms with Gasteiger partial charge in [0.25, 0.3) is 0 Å². The van der Waals surface area contributed by atoms with Crippen molar-refractivity contribution in [3.8, 4) is 22.6 Å². The molecule has 0 spiro atoms. The summed E-state index contributed by atoms with van der Waals surface area (Å²) in [5.74, 6) is 0.784. The number of hydrogen-bond donors (Lipinski definition) is 1. The average molecular weight is 463 g/mol. The zero-order valence-electron chi connectivity index (χ0n) is 19.7. The van der Waals surface area contributed by atoms with Gasteiger partial charge in [0, 0.05) is 5.56 Å². The molecular weight excluding hydrogens is 431 g/mol. The average Bonchev–Trinajstić information content (AvgIpc) is 3.68. The summed E-state index contributed by atoms with van der Waals surface area (Å²) in [5.41, 5.74) is 4.58. The minimum absolute atomic E-state index is 0.00633. The number of benzene rings is 3. The summed E-state index contributed by atoms with van der Waals surface area (Å²) in [5, 5.41) is 9.19. The van der Waals surface area contributed by atoms with Crippen molar-refractivity contribution < 1.29 is 23.8 Å². The molecule has 0 aromatic heterocycles. The predicted octanol–water partition coefficient (Wildman–Crippen LogP) is 7.32. The van der Waals surface area contributed by atoms with Gasteiger partial charge < -0.3 is 14.6 Å². The van der Waals surface area contributed by atoms with Gasteiger partial charge in [-0.2, -0.15) is 0 Å². The number of halogens is 1. The van der Waals surface area contributed by atoms with Crippen LogP contribution in [-0.2, 0) is 11.4 Å². The van der Waals surface area contributed by atoms with E-state index in [1.807, 2.05) is 36.4 Å². The fourth-order valence-corrected chi connectivity index (χ4v) is 4.46. The second-order valence-electron chi connectivity index (χ2n) is 8.98. The summed E-state index contributed by atoms with van der Waals surface area (Å²) in [4.78, 5) is 11.2. The van der Waals surface area contributed by atoms with Crippen molar-refractivity contribution >= 4 is 5.97 Å². The van der Waals surface area contributed by atoms with Gasteiger partial charge in [0.15, 0.2) is 0 Å². The van der Waals surface area contributed by atoms with E-state index in [-0.39, 0.29) is 18.2 Å². The molecule has 1 N–H and O–H groups in total. The van der Waals surface area contributed by atoms with Crippen LogP contribution in [0, 0.1) is 5.82 Å². The first-order valence-electron chi connectivity index (χ1n) is 11.9. The van der Waals surface area contributed by atoms with Crippen LogP contribution in [0.2, 0.25) is 0 Å². The van der Waals surface area contributed by atoms with E-state index in [1.165, 1.54) is 11.6 Å². The maximum atomic E-state index is 14.8. The van der Waals surface area contributed by atoms with Crippen LogP contribution in [0.1, 0.15) is 67.6 Å². The van der Waals surface area contributed by atoms with Crippen molar-refractivity contribution in [2.45, 2.75) is 57.5 Å². The van der Waals surface area contributed by atoms with Crippen molar-refractivity contribution in [3.63, 3.8) is 0 Å². The van der Waals surface area contributed by atoms with Crippen LogP contribution in [0.3, 0.4) is 0 Å². The molecule has 0 aliphatic heterocycles. The van der Waals surface area contributed by atoms with Crippen molar-refractivity contribution in [2.75, 3.05) is 7.11 Å². The van der Waals surface area contributed by atoms with E-state index in [2.05, 4.69) is 13.0 Å². The van der Waals surface area contributed by atoms with Gasteiger partial charge in [-0.1, -0.05) is 37.6 Å². The Balaban J connectivity index is 1.52. The highest BCUT2D eigenvalue weighted by Crippen LogP contribution is 2.45. The second-order valence-corrected chi connectivity index (χ2v) is 8.98. The van der Waals surface area contributed by atoms with Crippen LogP contribution in [0.4, 0.5) is 4.39 Å². The Morgan fingerprint density at radius 2 is 1.76 bits per heavy atom. The lowest BCUT2D eigenvalue weighted by molar-refractivity contribution is -0.137. The van der Waals surface area contributed by atoms with Gasteiger partial charge in [-0.3, -0.25) is 4.79 Å². The van der Waals surface area contributed by atoms with Gasteiger partial charge >= 0.3 is 5.97 Å². The van der Waals surface area contributed by atoms with Crippen molar-refractivity contribution in [1.82, 2.24) is 0 Å². The Hall–Kier alpha value is -3.34.